The largest absolute Gasteiger partial charge is 0.449 e. The summed E-state index contributed by atoms with van der Waals surface area (Å²) in [5.41, 5.74) is 0. The molecular weight excluding hydrogens is 222 g/mol. The molecule has 0 unspecified atom stereocenters. The summed E-state index contributed by atoms with van der Waals surface area (Å²) in [5, 5.41) is 0. The Bertz CT molecular complexity index is 264. The average molecular weight is 243 g/mol. The number of piperidine rings is 1. The fourth-order valence-electron chi connectivity index (χ4n) is 2.14. The molecule has 0 N–H and O–H groups in total. The lowest BCUT2D eigenvalue weighted by atomic mass is 10.0. The first-order valence-corrected chi connectivity index (χ1v) is 6.31. The Balaban J connectivity index is 1.76. The van der Waals surface area contributed by atoms with Crippen LogP contribution >= 0.6 is 0 Å². The molecule has 0 aromatic heterocycles. The standard InChI is InChI=1S/C12H21NO4/c1-10(2)9-15-11(14)13-5-3-12(4-6-13)16-7-8-17-12/h10H,3-9H2,1-2H3. The van der Waals surface area contributed by atoms with E-state index in [1.807, 2.05) is 13.8 Å². The van der Waals surface area contributed by atoms with Gasteiger partial charge >= 0.3 is 6.09 Å². The number of likely N-dealkylation sites (tertiary alicyclic amines) is 1. The third-order valence-corrected chi connectivity index (χ3v) is 3.14. The summed E-state index contributed by atoms with van der Waals surface area (Å²) < 4.78 is 16.4. The van der Waals surface area contributed by atoms with E-state index in [0.29, 0.717) is 38.8 Å². The molecule has 2 fully saturated rings. The van der Waals surface area contributed by atoms with Crippen LogP contribution in [0.4, 0.5) is 4.79 Å². The molecule has 0 aromatic carbocycles. The molecular formula is C12H21NO4. The number of rotatable bonds is 2. The average Bonchev–Trinajstić information content (AvgIpc) is 2.75. The maximum Gasteiger partial charge on any atom is 0.409 e. The van der Waals surface area contributed by atoms with E-state index in [1.54, 1.807) is 4.90 Å². The lowest BCUT2D eigenvalue weighted by molar-refractivity contribution is -0.182. The molecule has 0 atom stereocenters. The molecule has 0 bridgehead atoms. The van der Waals surface area contributed by atoms with Gasteiger partial charge in [0, 0.05) is 25.9 Å². The Morgan fingerprint density at radius 1 is 1.29 bits per heavy atom. The van der Waals surface area contributed by atoms with Crippen molar-refractivity contribution < 1.29 is 19.0 Å². The van der Waals surface area contributed by atoms with Gasteiger partial charge in [0.15, 0.2) is 5.79 Å². The van der Waals surface area contributed by atoms with Crippen LogP contribution in [-0.4, -0.2) is 49.7 Å². The third-order valence-electron chi connectivity index (χ3n) is 3.14. The van der Waals surface area contributed by atoms with E-state index in [4.69, 9.17) is 14.2 Å². The summed E-state index contributed by atoms with van der Waals surface area (Å²) in [4.78, 5) is 13.5. The summed E-state index contributed by atoms with van der Waals surface area (Å²) in [5.74, 6) is -0.0500. The van der Waals surface area contributed by atoms with Crippen LogP contribution in [0.2, 0.25) is 0 Å². The zero-order valence-electron chi connectivity index (χ0n) is 10.6. The molecule has 0 aromatic rings. The van der Waals surface area contributed by atoms with Crippen LogP contribution < -0.4 is 0 Å². The quantitative estimate of drug-likeness (QED) is 0.739. The zero-order valence-corrected chi connectivity index (χ0v) is 10.6. The van der Waals surface area contributed by atoms with Crippen molar-refractivity contribution in [2.75, 3.05) is 32.9 Å². The number of hydrogen-bond donors (Lipinski definition) is 0. The highest BCUT2D eigenvalue weighted by molar-refractivity contribution is 5.67. The molecule has 17 heavy (non-hydrogen) atoms. The second kappa shape index (κ2) is 5.23. The van der Waals surface area contributed by atoms with Crippen LogP contribution in [0.5, 0.6) is 0 Å². The molecule has 5 heteroatoms. The molecule has 2 aliphatic rings. The Morgan fingerprint density at radius 3 is 2.41 bits per heavy atom. The van der Waals surface area contributed by atoms with E-state index < -0.39 is 5.79 Å². The Morgan fingerprint density at radius 2 is 1.88 bits per heavy atom. The summed E-state index contributed by atoms with van der Waals surface area (Å²) in [6.45, 7) is 7.16. The van der Waals surface area contributed by atoms with Crippen molar-refractivity contribution in [2.45, 2.75) is 32.5 Å². The van der Waals surface area contributed by atoms with Crippen molar-refractivity contribution in [2.24, 2.45) is 5.92 Å². The fourth-order valence-corrected chi connectivity index (χ4v) is 2.14. The van der Waals surface area contributed by atoms with Gasteiger partial charge in [-0.05, 0) is 5.92 Å². The van der Waals surface area contributed by atoms with Gasteiger partial charge in [-0.1, -0.05) is 13.8 Å². The highest BCUT2D eigenvalue weighted by Crippen LogP contribution is 2.31. The van der Waals surface area contributed by atoms with E-state index in [0.717, 1.165) is 12.8 Å². The van der Waals surface area contributed by atoms with Crippen molar-refractivity contribution in [1.29, 1.82) is 0 Å². The lowest BCUT2D eigenvalue weighted by Gasteiger charge is -2.37. The Labute approximate surface area is 102 Å². The molecule has 0 aliphatic carbocycles. The van der Waals surface area contributed by atoms with Crippen molar-refractivity contribution in [1.82, 2.24) is 4.90 Å². The van der Waals surface area contributed by atoms with Gasteiger partial charge in [0.2, 0.25) is 0 Å². The van der Waals surface area contributed by atoms with Crippen LogP contribution in [0.25, 0.3) is 0 Å². The van der Waals surface area contributed by atoms with Gasteiger partial charge in [-0.25, -0.2) is 4.79 Å². The number of nitrogens with zero attached hydrogens (tertiary/aromatic N) is 1. The van der Waals surface area contributed by atoms with Crippen molar-refractivity contribution in [3.8, 4) is 0 Å². The van der Waals surface area contributed by atoms with E-state index in [2.05, 4.69) is 0 Å². The number of carbonyl (C=O) groups is 1. The van der Waals surface area contributed by atoms with Crippen LogP contribution in [0.3, 0.4) is 0 Å². The maximum absolute atomic E-state index is 11.7. The van der Waals surface area contributed by atoms with E-state index >= 15 is 0 Å². The SMILES string of the molecule is CC(C)COC(=O)N1CCC2(CC1)OCCO2. The van der Waals surface area contributed by atoms with Crippen molar-refractivity contribution in [3.63, 3.8) is 0 Å². The molecule has 0 saturated carbocycles. The van der Waals surface area contributed by atoms with Gasteiger partial charge < -0.3 is 19.1 Å². The highest BCUT2D eigenvalue weighted by atomic mass is 16.7. The van der Waals surface area contributed by atoms with E-state index in [1.165, 1.54) is 0 Å². The monoisotopic (exact) mass is 243 g/mol. The van der Waals surface area contributed by atoms with Crippen molar-refractivity contribution in [3.05, 3.63) is 0 Å². The second-order valence-electron chi connectivity index (χ2n) is 5.07. The maximum atomic E-state index is 11.7. The zero-order chi connectivity index (χ0) is 12.3. The molecule has 0 radical (unpaired) electrons. The highest BCUT2D eigenvalue weighted by Gasteiger charge is 2.41. The van der Waals surface area contributed by atoms with Crippen molar-refractivity contribution >= 4 is 6.09 Å². The number of carbonyl (C=O) groups excluding carboxylic acids is 1. The summed E-state index contributed by atoms with van der Waals surface area (Å²) in [7, 11) is 0. The molecule has 2 aliphatic heterocycles. The van der Waals surface area contributed by atoms with Gasteiger partial charge in [-0.3, -0.25) is 0 Å². The van der Waals surface area contributed by atoms with E-state index in [9.17, 15) is 4.79 Å². The topological polar surface area (TPSA) is 48.0 Å². The third kappa shape index (κ3) is 3.10. The molecule has 5 nitrogen and oxygen atoms in total. The number of amides is 1. The van der Waals surface area contributed by atoms with E-state index in [-0.39, 0.29) is 6.09 Å². The van der Waals surface area contributed by atoms with Gasteiger partial charge in [0.25, 0.3) is 0 Å². The molecule has 2 saturated heterocycles. The van der Waals surface area contributed by atoms with Crippen LogP contribution in [0, 0.1) is 5.92 Å². The predicted molar refractivity (Wildman–Crippen MR) is 61.6 cm³/mol. The Hall–Kier alpha value is -0.810. The summed E-state index contributed by atoms with van der Waals surface area (Å²) in [6.07, 6.45) is 1.26. The second-order valence-corrected chi connectivity index (χ2v) is 5.07. The molecule has 2 rings (SSSR count). The summed E-state index contributed by atoms with van der Waals surface area (Å²) in [6, 6.07) is 0. The van der Waals surface area contributed by atoms with Gasteiger partial charge in [-0.15, -0.1) is 0 Å². The molecule has 98 valence electrons. The van der Waals surface area contributed by atoms with Gasteiger partial charge in [0.05, 0.1) is 19.8 Å². The molecule has 1 amide bonds. The minimum Gasteiger partial charge on any atom is -0.449 e. The molecule has 1 spiro atoms. The minimum atomic E-state index is -0.422. The number of ether oxygens (including phenoxy) is 3. The fraction of sp³-hybridized carbons (Fsp3) is 0.917. The van der Waals surface area contributed by atoms with Crippen LogP contribution in [0.1, 0.15) is 26.7 Å². The molecule has 2 heterocycles. The van der Waals surface area contributed by atoms with Crippen LogP contribution in [-0.2, 0) is 14.2 Å². The normalized spacial score (nSPS) is 23.4. The lowest BCUT2D eigenvalue weighted by Crippen LogP contribution is -2.47. The smallest absolute Gasteiger partial charge is 0.409 e. The number of hydrogen-bond acceptors (Lipinski definition) is 4. The first-order valence-electron chi connectivity index (χ1n) is 6.31. The first kappa shape index (κ1) is 12.6. The first-order chi connectivity index (χ1) is 8.11. The minimum absolute atomic E-state index is 0.216. The Kier molecular flexibility index (Phi) is 3.89. The predicted octanol–water partition coefficient (Wildman–Crippen LogP) is 1.62. The summed E-state index contributed by atoms with van der Waals surface area (Å²) >= 11 is 0. The van der Waals surface area contributed by atoms with Crippen LogP contribution in [0.15, 0.2) is 0 Å². The van der Waals surface area contributed by atoms with Gasteiger partial charge in [0.1, 0.15) is 0 Å². The van der Waals surface area contributed by atoms with Gasteiger partial charge in [-0.2, -0.15) is 0 Å².